The Labute approximate surface area is 190 Å². The van der Waals surface area contributed by atoms with Crippen molar-refractivity contribution in [2.45, 2.75) is 37.3 Å². The van der Waals surface area contributed by atoms with Crippen molar-refractivity contribution < 1.29 is 19.3 Å². The molecule has 0 heterocycles. The molecule has 2 aromatic carbocycles. The Morgan fingerprint density at radius 1 is 0.900 bits per heavy atom. The van der Waals surface area contributed by atoms with Crippen molar-refractivity contribution in [3.63, 3.8) is 0 Å². The first-order chi connectivity index (χ1) is 14.1. The van der Waals surface area contributed by atoms with Crippen molar-refractivity contribution in [3.8, 4) is 11.5 Å². The summed E-state index contributed by atoms with van der Waals surface area (Å²) in [6.45, 7) is 6.60. The molecule has 0 saturated carbocycles. The first-order valence-corrected chi connectivity index (χ1v) is 11.3. The molecular weight excluding hydrogens is 422 g/mol. The number of hydrogen-bond acceptors (Lipinski definition) is 6. The second kappa shape index (κ2) is 15.4. The van der Waals surface area contributed by atoms with Crippen LogP contribution in [-0.4, -0.2) is 56.5 Å². The number of halogens is 1. The van der Waals surface area contributed by atoms with E-state index in [1.165, 1.54) is 10.5 Å². The lowest BCUT2D eigenvalue weighted by Gasteiger charge is -2.15. The number of thioether (sulfide) groups is 1. The van der Waals surface area contributed by atoms with E-state index in [2.05, 4.69) is 35.8 Å². The van der Waals surface area contributed by atoms with Crippen LogP contribution in [0.25, 0.3) is 0 Å². The second-order valence-electron chi connectivity index (χ2n) is 7.06. The van der Waals surface area contributed by atoms with Gasteiger partial charge in [-0.25, -0.2) is 0 Å². The van der Waals surface area contributed by atoms with E-state index in [1.807, 2.05) is 38.1 Å². The van der Waals surface area contributed by atoms with Gasteiger partial charge in [0.15, 0.2) is 0 Å². The minimum absolute atomic E-state index is 0. The Hall–Kier alpha value is -1.44. The maximum absolute atomic E-state index is 9.87. The molecule has 0 radical (unpaired) electrons. The van der Waals surface area contributed by atoms with Crippen LogP contribution in [0.4, 0.5) is 0 Å². The third-order valence-electron chi connectivity index (χ3n) is 4.22. The summed E-state index contributed by atoms with van der Waals surface area (Å²) in [6, 6.07) is 16.3. The summed E-state index contributed by atoms with van der Waals surface area (Å²) < 4.78 is 16.9. The highest BCUT2D eigenvalue weighted by molar-refractivity contribution is 7.98. The molecule has 0 aliphatic carbocycles. The highest BCUT2D eigenvalue weighted by Crippen LogP contribution is 2.18. The Bertz CT molecular complexity index is 683. The number of rotatable bonds is 14. The molecule has 5 nitrogen and oxygen atoms in total. The fourth-order valence-corrected chi connectivity index (χ4v) is 2.97. The molecule has 0 aliphatic rings. The Morgan fingerprint density at radius 2 is 1.53 bits per heavy atom. The summed E-state index contributed by atoms with van der Waals surface area (Å²) in [5.74, 6) is 1.49. The van der Waals surface area contributed by atoms with E-state index in [0.717, 1.165) is 12.2 Å². The maximum Gasteiger partial charge on any atom is 0.119 e. The van der Waals surface area contributed by atoms with Gasteiger partial charge in [-0.1, -0.05) is 26.0 Å². The van der Waals surface area contributed by atoms with Crippen molar-refractivity contribution in [2.75, 3.05) is 39.2 Å². The van der Waals surface area contributed by atoms with Gasteiger partial charge >= 0.3 is 0 Å². The predicted molar refractivity (Wildman–Crippen MR) is 127 cm³/mol. The van der Waals surface area contributed by atoms with Gasteiger partial charge in [0.25, 0.3) is 0 Å². The van der Waals surface area contributed by atoms with Crippen molar-refractivity contribution >= 4 is 24.2 Å². The number of hydrogen-bond donors (Lipinski definition) is 2. The molecule has 1 atom stereocenters. The smallest absolute Gasteiger partial charge is 0.119 e. The molecular formula is C23H34ClNO4S. The van der Waals surface area contributed by atoms with Crippen molar-refractivity contribution in [3.05, 3.63) is 54.1 Å². The van der Waals surface area contributed by atoms with E-state index in [1.54, 1.807) is 11.8 Å². The molecule has 2 rings (SSSR count). The van der Waals surface area contributed by atoms with E-state index in [9.17, 15) is 5.11 Å². The van der Waals surface area contributed by atoms with Crippen LogP contribution in [-0.2, 0) is 11.2 Å². The molecule has 0 amide bonds. The molecule has 0 saturated heterocycles. The van der Waals surface area contributed by atoms with Gasteiger partial charge in [0.2, 0.25) is 0 Å². The van der Waals surface area contributed by atoms with Gasteiger partial charge in [0.1, 0.15) is 30.8 Å². The molecule has 0 spiro atoms. The standard InChI is InChI=1S/C23H33NO4S.ClH/c1-18(2)24-16-20(25)17-28-22-8-6-21(7-9-22)27-15-14-26-13-12-19-4-10-23(29-3)11-5-19;/h4-11,18,20,24-25H,12-17H2,1-3H3;1H. The first kappa shape index (κ1) is 26.6. The van der Waals surface area contributed by atoms with E-state index < -0.39 is 6.10 Å². The molecule has 1 unspecified atom stereocenters. The van der Waals surface area contributed by atoms with Crippen LogP contribution >= 0.6 is 24.2 Å². The van der Waals surface area contributed by atoms with Gasteiger partial charge in [-0.2, -0.15) is 0 Å². The fraction of sp³-hybridized carbons (Fsp3) is 0.478. The summed E-state index contributed by atoms with van der Waals surface area (Å²) in [4.78, 5) is 1.28. The molecule has 0 aliphatic heterocycles. The Kier molecular flexibility index (Phi) is 13.6. The predicted octanol–water partition coefficient (Wildman–Crippen LogP) is 4.21. The average Bonchev–Trinajstić information content (AvgIpc) is 2.74. The van der Waals surface area contributed by atoms with Gasteiger partial charge in [0.05, 0.1) is 13.2 Å². The van der Waals surface area contributed by atoms with Crippen LogP contribution in [0.1, 0.15) is 19.4 Å². The molecule has 0 bridgehead atoms. The fourth-order valence-electron chi connectivity index (χ4n) is 2.56. The molecule has 0 aromatic heterocycles. The average molecular weight is 456 g/mol. The van der Waals surface area contributed by atoms with E-state index in [4.69, 9.17) is 14.2 Å². The van der Waals surface area contributed by atoms with Crippen molar-refractivity contribution in [2.24, 2.45) is 0 Å². The van der Waals surface area contributed by atoms with Crippen LogP contribution in [0.5, 0.6) is 11.5 Å². The molecule has 30 heavy (non-hydrogen) atoms. The molecule has 2 aromatic rings. The van der Waals surface area contributed by atoms with E-state index in [0.29, 0.717) is 38.2 Å². The SMILES string of the molecule is CSc1ccc(CCOCCOc2ccc(OCC(O)CNC(C)C)cc2)cc1.Cl. The monoisotopic (exact) mass is 455 g/mol. The molecule has 7 heteroatoms. The van der Waals surface area contributed by atoms with Crippen LogP contribution in [0.3, 0.4) is 0 Å². The quantitative estimate of drug-likeness (QED) is 0.329. The van der Waals surface area contributed by atoms with Gasteiger partial charge < -0.3 is 24.6 Å². The zero-order valence-electron chi connectivity index (χ0n) is 18.0. The van der Waals surface area contributed by atoms with Crippen LogP contribution in [0, 0.1) is 0 Å². The lowest BCUT2D eigenvalue weighted by atomic mass is 10.2. The first-order valence-electron chi connectivity index (χ1n) is 10.0. The van der Waals surface area contributed by atoms with Gasteiger partial charge in [-0.15, -0.1) is 24.2 Å². The number of nitrogens with one attached hydrogen (secondary N) is 1. The molecule has 0 fully saturated rings. The lowest BCUT2D eigenvalue weighted by molar-refractivity contribution is 0.102. The normalized spacial score (nSPS) is 11.8. The number of ether oxygens (including phenoxy) is 3. The zero-order chi connectivity index (χ0) is 20.9. The highest BCUT2D eigenvalue weighted by atomic mass is 35.5. The largest absolute Gasteiger partial charge is 0.491 e. The van der Waals surface area contributed by atoms with Crippen LogP contribution in [0.15, 0.2) is 53.4 Å². The van der Waals surface area contributed by atoms with Crippen molar-refractivity contribution in [1.29, 1.82) is 0 Å². The van der Waals surface area contributed by atoms with Crippen LogP contribution < -0.4 is 14.8 Å². The third-order valence-corrected chi connectivity index (χ3v) is 4.96. The topological polar surface area (TPSA) is 60.0 Å². The van der Waals surface area contributed by atoms with Gasteiger partial charge in [-0.3, -0.25) is 0 Å². The van der Waals surface area contributed by atoms with Crippen molar-refractivity contribution in [1.82, 2.24) is 5.32 Å². The minimum atomic E-state index is -0.533. The van der Waals surface area contributed by atoms with E-state index in [-0.39, 0.29) is 19.0 Å². The minimum Gasteiger partial charge on any atom is -0.491 e. The molecule has 2 N–H and O–H groups in total. The van der Waals surface area contributed by atoms with Crippen LogP contribution in [0.2, 0.25) is 0 Å². The summed E-state index contributed by atoms with van der Waals surface area (Å²) in [5, 5.41) is 13.0. The van der Waals surface area contributed by atoms with E-state index >= 15 is 0 Å². The number of benzene rings is 2. The Balaban J connectivity index is 0.00000450. The molecule has 168 valence electrons. The van der Waals surface area contributed by atoms with Gasteiger partial charge in [-0.05, 0) is 54.6 Å². The Morgan fingerprint density at radius 3 is 2.13 bits per heavy atom. The number of aliphatic hydroxyl groups excluding tert-OH is 1. The third kappa shape index (κ3) is 11.1. The lowest BCUT2D eigenvalue weighted by Crippen LogP contribution is -2.35. The number of aliphatic hydroxyl groups is 1. The zero-order valence-corrected chi connectivity index (χ0v) is 19.6. The second-order valence-corrected chi connectivity index (χ2v) is 7.94. The highest BCUT2D eigenvalue weighted by Gasteiger charge is 2.06. The van der Waals surface area contributed by atoms with Gasteiger partial charge in [0, 0.05) is 17.5 Å². The summed E-state index contributed by atoms with van der Waals surface area (Å²) in [6.07, 6.45) is 2.45. The maximum atomic E-state index is 9.87. The summed E-state index contributed by atoms with van der Waals surface area (Å²) >= 11 is 1.75. The summed E-state index contributed by atoms with van der Waals surface area (Å²) in [5.41, 5.74) is 1.28. The summed E-state index contributed by atoms with van der Waals surface area (Å²) in [7, 11) is 0.